The molecular weight excluding hydrogens is 303 g/mol. The highest BCUT2D eigenvalue weighted by Crippen LogP contribution is 2.36. The van der Waals surface area contributed by atoms with Crippen LogP contribution in [0.25, 0.3) is 22.6 Å². The highest BCUT2D eigenvalue weighted by Gasteiger charge is 2.24. The summed E-state index contributed by atoms with van der Waals surface area (Å²) in [6.45, 7) is -0.419. The minimum Gasteiger partial charge on any atom is -0.391 e. The Labute approximate surface area is 129 Å². The van der Waals surface area contributed by atoms with Gasteiger partial charge in [0.25, 0.3) is 5.69 Å². The van der Waals surface area contributed by atoms with Crippen LogP contribution in [-0.2, 0) is 6.61 Å². The van der Waals surface area contributed by atoms with E-state index in [4.69, 9.17) is 4.52 Å². The van der Waals surface area contributed by atoms with Gasteiger partial charge in [0.15, 0.2) is 5.76 Å². The second-order valence-corrected chi connectivity index (χ2v) is 4.78. The van der Waals surface area contributed by atoms with Crippen molar-refractivity contribution in [2.45, 2.75) is 6.61 Å². The third kappa shape index (κ3) is 2.69. The average Bonchev–Trinajstić information content (AvgIpc) is 2.99. The van der Waals surface area contributed by atoms with Crippen LogP contribution in [-0.4, -0.2) is 15.2 Å². The second kappa shape index (κ2) is 5.98. The Bertz CT molecular complexity index is 859. The topological polar surface area (TPSA) is 89.4 Å². The van der Waals surface area contributed by atoms with Crippen molar-refractivity contribution in [1.82, 2.24) is 5.16 Å². The number of halogens is 1. The average molecular weight is 314 g/mol. The van der Waals surface area contributed by atoms with Crippen molar-refractivity contribution in [2.75, 3.05) is 0 Å². The fourth-order valence-electron chi connectivity index (χ4n) is 2.33. The Morgan fingerprint density at radius 1 is 1.17 bits per heavy atom. The molecule has 3 aromatic rings. The first-order valence-electron chi connectivity index (χ1n) is 6.71. The van der Waals surface area contributed by atoms with Crippen molar-refractivity contribution < 1.29 is 18.9 Å². The zero-order chi connectivity index (χ0) is 16.4. The molecule has 0 saturated carbocycles. The van der Waals surface area contributed by atoms with E-state index in [1.807, 2.05) is 0 Å². The van der Waals surface area contributed by atoms with Crippen LogP contribution < -0.4 is 0 Å². The van der Waals surface area contributed by atoms with E-state index in [0.717, 1.165) is 0 Å². The molecule has 0 aliphatic carbocycles. The molecule has 0 fully saturated rings. The van der Waals surface area contributed by atoms with Gasteiger partial charge in [0.1, 0.15) is 11.5 Å². The third-order valence-corrected chi connectivity index (χ3v) is 3.41. The molecule has 0 aliphatic heterocycles. The van der Waals surface area contributed by atoms with Crippen LogP contribution in [0.4, 0.5) is 10.1 Å². The summed E-state index contributed by atoms with van der Waals surface area (Å²) in [7, 11) is 0. The number of aliphatic hydroxyl groups excluding tert-OH is 1. The maximum atomic E-state index is 13.0. The molecule has 116 valence electrons. The van der Waals surface area contributed by atoms with Gasteiger partial charge < -0.3 is 9.63 Å². The first-order chi connectivity index (χ1) is 11.1. The van der Waals surface area contributed by atoms with Gasteiger partial charge in [-0.3, -0.25) is 10.1 Å². The van der Waals surface area contributed by atoms with Gasteiger partial charge in [-0.2, -0.15) is 0 Å². The van der Waals surface area contributed by atoms with Crippen LogP contribution in [0, 0.1) is 15.9 Å². The van der Waals surface area contributed by atoms with E-state index in [2.05, 4.69) is 5.16 Å². The quantitative estimate of drug-likeness (QED) is 0.587. The molecule has 0 atom stereocenters. The van der Waals surface area contributed by atoms with Crippen LogP contribution in [0.3, 0.4) is 0 Å². The highest BCUT2D eigenvalue weighted by molar-refractivity contribution is 5.77. The molecular formula is C16H11FN2O4. The van der Waals surface area contributed by atoms with Crippen molar-refractivity contribution in [3.8, 4) is 22.6 Å². The van der Waals surface area contributed by atoms with Gasteiger partial charge >= 0.3 is 0 Å². The standard InChI is InChI=1S/C16H11FN2O4/c17-11-7-5-10(6-8-11)15-13(9-20)16(23-18-15)12-3-1-2-4-14(12)19(21)22/h1-8,20H,9H2. The summed E-state index contributed by atoms with van der Waals surface area (Å²) in [6.07, 6.45) is 0. The van der Waals surface area contributed by atoms with E-state index >= 15 is 0 Å². The van der Waals surface area contributed by atoms with Crippen LogP contribution in [0.5, 0.6) is 0 Å². The van der Waals surface area contributed by atoms with Gasteiger partial charge in [0.2, 0.25) is 0 Å². The van der Waals surface area contributed by atoms with E-state index in [1.54, 1.807) is 6.07 Å². The molecule has 6 nitrogen and oxygen atoms in total. The molecule has 1 heterocycles. The molecule has 7 heteroatoms. The number of nitrogens with zero attached hydrogens (tertiary/aromatic N) is 2. The molecule has 0 saturated heterocycles. The Morgan fingerprint density at radius 3 is 2.52 bits per heavy atom. The van der Waals surface area contributed by atoms with Gasteiger partial charge in [-0.1, -0.05) is 17.3 Å². The van der Waals surface area contributed by atoms with Gasteiger partial charge in [-0.25, -0.2) is 4.39 Å². The summed E-state index contributed by atoms with van der Waals surface area (Å²) in [5.74, 6) is -0.277. The van der Waals surface area contributed by atoms with E-state index in [9.17, 15) is 19.6 Å². The SMILES string of the molecule is O=[N+]([O-])c1ccccc1-c1onc(-c2ccc(F)cc2)c1CO. The molecule has 0 aliphatic rings. The Hall–Kier alpha value is -3.06. The molecule has 0 spiro atoms. The number of aromatic nitrogens is 1. The predicted molar refractivity (Wildman–Crippen MR) is 79.9 cm³/mol. The van der Waals surface area contributed by atoms with Crippen LogP contribution in [0.15, 0.2) is 53.1 Å². The lowest BCUT2D eigenvalue weighted by molar-refractivity contribution is -0.384. The minimum atomic E-state index is -0.531. The van der Waals surface area contributed by atoms with Crippen molar-refractivity contribution in [3.05, 3.63) is 70.0 Å². The summed E-state index contributed by atoms with van der Waals surface area (Å²) in [5, 5.41) is 24.7. The Kier molecular flexibility index (Phi) is 3.86. The van der Waals surface area contributed by atoms with Crippen molar-refractivity contribution in [2.24, 2.45) is 0 Å². The lowest BCUT2D eigenvalue weighted by atomic mass is 10.0. The fraction of sp³-hybridized carbons (Fsp3) is 0.0625. The van der Waals surface area contributed by atoms with Crippen molar-refractivity contribution in [1.29, 1.82) is 0 Å². The number of hydrogen-bond donors (Lipinski definition) is 1. The summed E-state index contributed by atoms with van der Waals surface area (Å²) in [4.78, 5) is 10.6. The van der Waals surface area contributed by atoms with Gasteiger partial charge in [0, 0.05) is 11.6 Å². The summed E-state index contributed by atoms with van der Waals surface area (Å²) >= 11 is 0. The monoisotopic (exact) mass is 314 g/mol. The van der Waals surface area contributed by atoms with E-state index in [0.29, 0.717) is 16.8 Å². The van der Waals surface area contributed by atoms with Crippen LogP contribution in [0.2, 0.25) is 0 Å². The molecule has 0 amide bonds. The minimum absolute atomic E-state index is 0.124. The second-order valence-electron chi connectivity index (χ2n) is 4.78. The molecule has 1 aromatic heterocycles. The Morgan fingerprint density at radius 2 is 1.87 bits per heavy atom. The van der Waals surface area contributed by atoms with E-state index < -0.39 is 17.3 Å². The third-order valence-electron chi connectivity index (χ3n) is 3.41. The van der Waals surface area contributed by atoms with Crippen LogP contribution >= 0.6 is 0 Å². The van der Waals surface area contributed by atoms with E-state index in [-0.39, 0.29) is 17.0 Å². The first-order valence-corrected chi connectivity index (χ1v) is 6.71. The number of aliphatic hydroxyl groups is 1. The smallest absolute Gasteiger partial charge is 0.280 e. The maximum Gasteiger partial charge on any atom is 0.280 e. The summed E-state index contributed by atoms with van der Waals surface area (Å²) < 4.78 is 18.3. The number of hydrogen-bond acceptors (Lipinski definition) is 5. The number of rotatable bonds is 4. The summed E-state index contributed by atoms with van der Waals surface area (Å²) in [6, 6.07) is 11.5. The Balaban J connectivity index is 2.16. The normalized spacial score (nSPS) is 10.7. The molecule has 0 unspecified atom stereocenters. The molecule has 1 N–H and O–H groups in total. The molecule has 2 aromatic carbocycles. The van der Waals surface area contributed by atoms with Gasteiger partial charge in [0.05, 0.1) is 22.7 Å². The van der Waals surface area contributed by atoms with Crippen molar-refractivity contribution >= 4 is 5.69 Å². The van der Waals surface area contributed by atoms with Crippen molar-refractivity contribution in [3.63, 3.8) is 0 Å². The van der Waals surface area contributed by atoms with Gasteiger partial charge in [-0.15, -0.1) is 0 Å². The lowest BCUT2D eigenvalue weighted by Crippen LogP contribution is -1.94. The zero-order valence-electron chi connectivity index (χ0n) is 11.8. The highest BCUT2D eigenvalue weighted by atomic mass is 19.1. The molecule has 3 rings (SSSR count). The maximum absolute atomic E-state index is 13.0. The predicted octanol–water partition coefficient (Wildman–Crippen LogP) is 3.55. The molecule has 0 radical (unpaired) electrons. The number of benzene rings is 2. The number of nitro benzene ring substituents is 1. The zero-order valence-corrected chi connectivity index (χ0v) is 11.8. The first kappa shape index (κ1) is 14.9. The molecule has 0 bridgehead atoms. The van der Waals surface area contributed by atoms with E-state index in [1.165, 1.54) is 42.5 Å². The fourth-order valence-corrected chi connectivity index (χ4v) is 2.33. The lowest BCUT2D eigenvalue weighted by Gasteiger charge is -2.02. The largest absolute Gasteiger partial charge is 0.391 e. The summed E-state index contributed by atoms with van der Waals surface area (Å²) in [5.41, 5.74) is 1.25. The van der Waals surface area contributed by atoms with Crippen LogP contribution in [0.1, 0.15) is 5.56 Å². The molecule has 23 heavy (non-hydrogen) atoms. The number of para-hydroxylation sites is 1. The van der Waals surface area contributed by atoms with Gasteiger partial charge in [-0.05, 0) is 30.3 Å². The number of nitro groups is 1.